The first-order valence-corrected chi connectivity index (χ1v) is 10.4. The van der Waals surface area contributed by atoms with Crippen LogP contribution in [0.1, 0.15) is 27.3 Å². The molecule has 1 aromatic carbocycles. The molecule has 0 bridgehead atoms. The number of thioether (sulfide) groups is 1. The average molecular weight is 408 g/mol. The molecule has 2 aromatic heterocycles. The fourth-order valence-corrected chi connectivity index (χ4v) is 3.53. The number of carbonyl (C=O) groups excluding carboxylic acids is 1. The molecule has 0 spiro atoms. The third-order valence-corrected chi connectivity index (χ3v) is 5.17. The molecule has 0 saturated carbocycles. The average Bonchev–Trinajstić information content (AvgIpc) is 2.73. The van der Waals surface area contributed by atoms with Gasteiger partial charge in [0.25, 0.3) is 5.91 Å². The number of nitrogens with zero attached hydrogens (tertiary/aromatic N) is 4. The Kier molecular flexibility index (Phi) is 7.19. The lowest BCUT2D eigenvalue weighted by Gasteiger charge is -2.12. The Morgan fingerprint density at radius 3 is 2.59 bits per heavy atom. The maximum atomic E-state index is 12.3. The fraction of sp³-hybridized carbons (Fsp3) is 0.273. The summed E-state index contributed by atoms with van der Waals surface area (Å²) < 4.78 is 0. The number of anilines is 1. The summed E-state index contributed by atoms with van der Waals surface area (Å²) in [5, 5.41) is 3.69. The molecule has 0 unspecified atom stereocenters. The van der Waals surface area contributed by atoms with Gasteiger partial charge >= 0.3 is 0 Å². The van der Waals surface area contributed by atoms with Crippen LogP contribution in [0.15, 0.2) is 59.9 Å². The van der Waals surface area contributed by atoms with Crippen molar-refractivity contribution in [2.75, 3.05) is 25.5 Å². The predicted molar refractivity (Wildman–Crippen MR) is 117 cm³/mol. The Labute approximate surface area is 175 Å². The number of hydrogen-bond acceptors (Lipinski definition) is 6. The third-order valence-electron chi connectivity index (χ3n) is 4.26. The highest BCUT2D eigenvalue weighted by Gasteiger charge is 2.08. The van der Waals surface area contributed by atoms with Crippen LogP contribution in [0.3, 0.4) is 0 Å². The minimum atomic E-state index is -0.0715. The number of carbonyl (C=O) groups is 1. The van der Waals surface area contributed by atoms with Crippen LogP contribution in [0, 0.1) is 6.92 Å². The van der Waals surface area contributed by atoms with E-state index in [-0.39, 0.29) is 5.91 Å². The van der Waals surface area contributed by atoms with Crippen molar-refractivity contribution in [3.8, 4) is 0 Å². The molecule has 0 fully saturated rings. The highest BCUT2D eigenvalue weighted by Crippen LogP contribution is 2.22. The monoisotopic (exact) mass is 407 g/mol. The Morgan fingerprint density at radius 2 is 1.90 bits per heavy atom. The van der Waals surface area contributed by atoms with E-state index in [4.69, 9.17) is 0 Å². The molecule has 3 rings (SSSR count). The van der Waals surface area contributed by atoms with Crippen molar-refractivity contribution in [1.82, 2.24) is 20.3 Å². The first kappa shape index (κ1) is 20.8. The van der Waals surface area contributed by atoms with Crippen LogP contribution in [-0.4, -0.2) is 41.5 Å². The molecule has 3 aromatic rings. The molecule has 0 saturated heterocycles. The van der Waals surface area contributed by atoms with E-state index in [2.05, 4.69) is 20.3 Å². The second-order valence-corrected chi connectivity index (χ2v) is 7.80. The summed E-state index contributed by atoms with van der Waals surface area (Å²) >= 11 is 1.59. The number of hydrogen-bond donors (Lipinski definition) is 1. The number of aryl methyl sites for hydroxylation is 1. The quantitative estimate of drug-likeness (QED) is 0.455. The van der Waals surface area contributed by atoms with Crippen molar-refractivity contribution >= 4 is 23.5 Å². The first-order valence-electron chi connectivity index (χ1n) is 9.44. The lowest BCUT2D eigenvalue weighted by Crippen LogP contribution is -2.25. The number of rotatable bonds is 8. The number of aromatic nitrogens is 3. The summed E-state index contributed by atoms with van der Waals surface area (Å²) in [4.78, 5) is 27.6. The summed E-state index contributed by atoms with van der Waals surface area (Å²) in [6.07, 6.45) is 2.48. The molecular formula is C22H25N5OS. The normalized spacial score (nSPS) is 10.6. The molecule has 2 heterocycles. The fourth-order valence-electron chi connectivity index (χ4n) is 2.67. The van der Waals surface area contributed by atoms with E-state index in [0.717, 1.165) is 33.7 Å². The zero-order valence-corrected chi connectivity index (χ0v) is 17.7. The lowest BCUT2D eigenvalue weighted by atomic mass is 10.1. The molecule has 1 N–H and O–H groups in total. The summed E-state index contributed by atoms with van der Waals surface area (Å²) in [6, 6.07) is 15.4. The zero-order valence-electron chi connectivity index (χ0n) is 16.9. The molecule has 0 aliphatic carbocycles. The Bertz CT molecular complexity index is 945. The zero-order chi connectivity index (χ0) is 20.6. The van der Waals surface area contributed by atoms with Crippen LogP contribution < -0.4 is 10.2 Å². The van der Waals surface area contributed by atoms with Gasteiger partial charge in [-0.1, -0.05) is 30.0 Å². The SMILES string of the molecule is Cc1cc(N(C)C)nc(SCc2ccc(C(=O)NCCc3ccccn3)cc2)n1. The summed E-state index contributed by atoms with van der Waals surface area (Å²) in [5.41, 5.74) is 3.69. The van der Waals surface area contributed by atoms with E-state index in [1.54, 1.807) is 18.0 Å². The van der Waals surface area contributed by atoms with Crippen molar-refractivity contribution < 1.29 is 4.79 Å². The van der Waals surface area contributed by atoms with Gasteiger partial charge in [0.05, 0.1) is 0 Å². The largest absolute Gasteiger partial charge is 0.363 e. The minimum Gasteiger partial charge on any atom is -0.363 e. The maximum absolute atomic E-state index is 12.3. The molecule has 6 nitrogen and oxygen atoms in total. The molecule has 0 radical (unpaired) electrons. The molecule has 150 valence electrons. The molecule has 29 heavy (non-hydrogen) atoms. The summed E-state index contributed by atoms with van der Waals surface area (Å²) in [5.74, 6) is 1.58. The van der Waals surface area contributed by atoms with Crippen LogP contribution in [-0.2, 0) is 12.2 Å². The van der Waals surface area contributed by atoms with Crippen LogP contribution in [0.4, 0.5) is 5.82 Å². The standard InChI is InChI=1S/C22H25N5OS/c1-16-14-20(27(2)3)26-22(25-16)29-15-17-7-9-18(10-8-17)21(28)24-13-11-19-6-4-5-12-23-19/h4-10,12,14H,11,13,15H2,1-3H3,(H,24,28). The van der Waals surface area contributed by atoms with Gasteiger partial charge in [0.15, 0.2) is 5.16 Å². The Balaban J connectivity index is 1.51. The Morgan fingerprint density at radius 1 is 1.10 bits per heavy atom. The van der Waals surface area contributed by atoms with E-state index in [0.29, 0.717) is 18.5 Å². The van der Waals surface area contributed by atoms with Crippen LogP contribution >= 0.6 is 11.8 Å². The van der Waals surface area contributed by atoms with Crippen LogP contribution in [0.5, 0.6) is 0 Å². The number of nitrogens with one attached hydrogen (secondary N) is 1. The maximum Gasteiger partial charge on any atom is 0.251 e. The van der Waals surface area contributed by atoms with Crippen LogP contribution in [0.25, 0.3) is 0 Å². The number of amides is 1. The highest BCUT2D eigenvalue weighted by molar-refractivity contribution is 7.98. The van der Waals surface area contributed by atoms with E-state index in [9.17, 15) is 4.79 Å². The van der Waals surface area contributed by atoms with Crippen molar-refractivity contribution in [2.24, 2.45) is 0 Å². The first-order chi connectivity index (χ1) is 14.0. The van der Waals surface area contributed by atoms with Crippen molar-refractivity contribution in [3.05, 3.63) is 77.2 Å². The van der Waals surface area contributed by atoms with Gasteiger partial charge in [0.2, 0.25) is 0 Å². The lowest BCUT2D eigenvalue weighted by molar-refractivity contribution is 0.0954. The van der Waals surface area contributed by atoms with E-state index in [1.807, 2.05) is 74.4 Å². The minimum absolute atomic E-state index is 0.0715. The molecule has 0 aliphatic heterocycles. The summed E-state index contributed by atoms with van der Waals surface area (Å²) in [6.45, 7) is 2.53. The van der Waals surface area contributed by atoms with E-state index < -0.39 is 0 Å². The van der Waals surface area contributed by atoms with Gasteiger partial charge in [-0.3, -0.25) is 9.78 Å². The van der Waals surface area contributed by atoms with Gasteiger partial charge in [-0.2, -0.15) is 0 Å². The summed E-state index contributed by atoms with van der Waals surface area (Å²) in [7, 11) is 3.94. The van der Waals surface area contributed by atoms with Gasteiger partial charge in [0, 0.05) is 62.0 Å². The molecule has 0 aliphatic rings. The number of benzene rings is 1. The van der Waals surface area contributed by atoms with Crippen molar-refractivity contribution in [2.45, 2.75) is 24.3 Å². The molecular weight excluding hydrogens is 382 g/mol. The van der Waals surface area contributed by atoms with Gasteiger partial charge in [-0.15, -0.1) is 0 Å². The highest BCUT2D eigenvalue weighted by atomic mass is 32.2. The topological polar surface area (TPSA) is 71.0 Å². The molecule has 0 atom stereocenters. The Hall–Kier alpha value is -2.93. The third kappa shape index (κ3) is 6.29. The smallest absolute Gasteiger partial charge is 0.251 e. The molecule has 1 amide bonds. The second kappa shape index (κ2) is 10.0. The van der Waals surface area contributed by atoms with Gasteiger partial charge in [-0.25, -0.2) is 9.97 Å². The van der Waals surface area contributed by atoms with Crippen LogP contribution in [0.2, 0.25) is 0 Å². The van der Waals surface area contributed by atoms with E-state index in [1.165, 1.54) is 0 Å². The van der Waals surface area contributed by atoms with Crippen molar-refractivity contribution in [3.63, 3.8) is 0 Å². The van der Waals surface area contributed by atoms with Crippen molar-refractivity contribution in [1.29, 1.82) is 0 Å². The van der Waals surface area contributed by atoms with Gasteiger partial charge < -0.3 is 10.2 Å². The second-order valence-electron chi connectivity index (χ2n) is 6.86. The molecule has 7 heteroatoms. The predicted octanol–water partition coefficient (Wildman–Crippen LogP) is 3.51. The van der Waals surface area contributed by atoms with Gasteiger partial charge in [0.1, 0.15) is 5.82 Å². The van der Waals surface area contributed by atoms with E-state index >= 15 is 0 Å². The number of pyridine rings is 1. The van der Waals surface area contributed by atoms with Gasteiger partial charge in [-0.05, 0) is 36.8 Å².